The number of aliphatic carboxylic acids is 1. The highest BCUT2D eigenvalue weighted by Gasteiger charge is 2.04. The quantitative estimate of drug-likeness (QED) is 0.864. The fraction of sp³-hybridized carbons (Fsp3) is 0.133. The molecule has 0 amide bonds. The maximum Gasteiger partial charge on any atom is 0.307 e. The second-order valence-corrected chi connectivity index (χ2v) is 4.10. The Morgan fingerprint density at radius 3 is 2.74 bits per heavy atom. The van der Waals surface area contributed by atoms with E-state index in [4.69, 9.17) is 9.84 Å². The summed E-state index contributed by atoms with van der Waals surface area (Å²) in [6.07, 6.45) is 0.0153. The smallest absolute Gasteiger partial charge is 0.307 e. The van der Waals surface area contributed by atoms with Crippen LogP contribution in [-0.4, -0.2) is 18.2 Å². The van der Waals surface area contributed by atoms with Crippen LogP contribution in [0, 0.1) is 0 Å². The van der Waals surface area contributed by atoms with Gasteiger partial charge in [-0.25, -0.2) is 0 Å². The highest BCUT2D eigenvalue weighted by atomic mass is 16.5. The van der Waals surface area contributed by atoms with E-state index in [9.17, 15) is 4.79 Å². The molecule has 2 N–H and O–H groups in total. The number of rotatable bonds is 5. The van der Waals surface area contributed by atoms with Gasteiger partial charge in [-0.2, -0.15) is 0 Å². The summed E-state index contributed by atoms with van der Waals surface area (Å²) in [5.41, 5.74) is 2.44. The lowest BCUT2D eigenvalue weighted by Crippen LogP contribution is -2.01. The average molecular weight is 257 g/mol. The monoisotopic (exact) mass is 257 g/mol. The van der Waals surface area contributed by atoms with E-state index in [-0.39, 0.29) is 6.42 Å². The summed E-state index contributed by atoms with van der Waals surface area (Å²) < 4.78 is 5.26. The fourth-order valence-electron chi connectivity index (χ4n) is 1.84. The van der Waals surface area contributed by atoms with Gasteiger partial charge in [-0.3, -0.25) is 4.79 Å². The lowest BCUT2D eigenvalue weighted by molar-refractivity contribution is -0.136. The fourth-order valence-corrected chi connectivity index (χ4v) is 1.84. The molecule has 2 rings (SSSR count). The lowest BCUT2D eigenvalue weighted by atomic mass is 10.1. The molecule has 0 aliphatic carbocycles. The van der Waals surface area contributed by atoms with Crippen LogP contribution >= 0.6 is 0 Å². The number of anilines is 2. The third-order valence-electron chi connectivity index (χ3n) is 2.67. The van der Waals surface area contributed by atoms with Crippen molar-refractivity contribution < 1.29 is 14.6 Å². The van der Waals surface area contributed by atoms with Crippen LogP contribution in [0.1, 0.15) is 5.56 Å². The number of para-hydroxylation sites is 2. The number of carboxylic acid groups (broad SMARTS) is 1. The van der Waals surface area contributed by atoms with E-state index in [2.05, 4.69) is 5.32 Å². The molecule has 0 aromatic heterocycles. The number of methoxy groups -OCH3 is 1. The van der Waals surface area contributed by atoms with Crippen LogP contribution in [0.2, 0.25) is 0 Å². The van der Waals surface area contributed by atoms with Crippen molar-refractivity contribution in [2.75, 3.05) is 12.4 Å². The summed E-state index contributed by atoms with van der Waals surface area (Å²) in [6.45, 7) is 0. The Balaban J connectivity index is 2.21. The Labute approximate surface area is 111 Å². The van der Waals surface area contributed by atoms with Gasteiger partial charge >= 0.3 is 5.97 Å². The van der Waals surface area contributed by atoms with Gasteiger partial charge < -0.3 is 15.2 Å². The van der Waals surface area contributed by atoms with Crippen molar-refractivity contribution in [1.29, 1.82) is 0 Å². The van der Waals surface area contributed by atoms with Crippen LogP contribution in [0.3, 0.4) is 0 Å². The van der Waals surface area contributed by atoms with Crippen LogP contribution in [-0.2, 0) is 11.2 Å². The van der Waals surface area contributed by atoms with Gasteiger partial charge in [0.1, 0.15) is 5.75 Å². The molecular weight excluding hydrogens is 242 g/mol. The maximum absolute atomic E-state index is 10.7. The van der Waals surface area contributed by atoms with E-state index in [1.54, 1.807) is 13.2 Å². The molecule has 98 valence electrons. The Hall–Kier alpha value is -2.49. The van der Waals surface area contributed by atoms with Crippen molar-refractivity contribution in [3.63, 3.8) is 0 Å². The molecule has 0 spiro atoms. The zero-order valence-electron chi connectivity index (χ0n) is 10.6. The zero-order valence-corrected chi connectivity index (χ0v) is 10.6. The van der Waals surface area contributed by atoms with E-state index in [0.29, 0.717) is 0 Å². The Bertz CT molecular complexity index is 581. The highest BCUT2D eigenvalue weighted by Crippen LogP contribution is 2.27. The van der Waals surface area contributed by atoms with Gasteiger partial charge in [0.05, 0.1) is 19.2 Å². The summed E-state index contributed by atoms with van der Waals surface area (Å²) in [5.74, 6) is -0.0967. The molecule has 0 heterocycles. The lowest BCUT2D eigenvalue weighted by Gasteiger charge is -2.11. The second kappa shape index (κ2) is 5.91. The molecule has 19 heavy (non-hydrogen) atoms. The van der Waals surface area contributed by atoms with Crippen molar-refractivity contribution in [1.82, 2.24) is 0 Å². The molecule has 4 nitrogen and oxygen atoms in total. The molecule has 0 bridgehead atoms. The Morgan fingerprint density at radius 2 is 2.00 bits per heavy atom. The summed E-state index contributed by atoms with van der Waals surface area (Å²) in [6, 6.07) is 14.9. The number of benzene rings is 2. The van der Waals surface area contributed by atoms with Crippen molar-refractivity contribution in [2.24, 2.45) is 0 Å². The molecular formula is C15H15NO3. The third-order valence-corrected chi connectivity index (χ3v) is 2.67. The molecule has 4 heteroatoms. The van der Waals surface area contributed by atoms with Crippen LogP contribution in [0.25, 0.3) is 0 Å². The van der Waals surface area contributed by atoms with Crippen molar-refractivity contribution in [3.05, 3.63) is 54.1 Å². The van der Waals surface area contributed by atoms with Gasteiger partial charge in [-0.05, 0) is 29.8 Å². The molecule has 0 saturated carbocycles. The summed E-state index contributed by atoms with van der Waals surface area (Å²) >= 11 is 0. The summed E-state index contributed by atoms with van der Waals surface area (Å²) in [5, 5.41) is 12.0. The van der Waals surface area contributed by atoms with E-state index in [0.717, 1.165) is 22.7 Å². The van der Waals surface area contributed by atoms with Crippen LogP contribution < -0.4 is 10.1 Å². The molecule has 2 aromatic rings. The molecule has 0 atom stereocenters. The standard InChI is InChI=1S/C15H15NO3/c1-19-14-8-3-2-7-13(14)16-12-6-4-5-11(9-12)10-15(17)18/h2-9,16H,10H2,1H3,(H,17,18). The number of hydrogen-bond donors (Lipinski definition) is 2. The van der Waals surface area contributed by atoms with Crippen molar-refractivity contribution in [3.8, 4) is 5.75 Å². The number of ether oxygens (including phenoxy) is 1. The van der Waals surface area contributed by atoms with Gasteiger partial charge in [0, 0.05) is 5.69 Å². The van der Waals surface area contributed by atoms with Crippen molar-refractivity contribution in [2.45, 2.75) is 6.42 Å². The summed E-state index contributed by atoms with van der Waals surface area (Å²) in [7, 11) is 1.61. The average Bonchev–Trinajstić information content (AvgIpc) is 2.39. The Kier molecular flexibility index (Phi) is 4.03. The number of carboxylic acids is 1. The first-order valence-electron chi connectivity index (χ1n) is 5.90. The minimum Gasteiger partial charge on any atom is -0.495 e. The molecule has 0 radical (unpaired) electrons. The number of carbonyl (C=O) groups is 1. The van der Waals surface area contributed by atoms with Crippen LogP contribution in [0.15, 0.2) is 48.5 Å². The van der Waals surface area contributed by atoms with Gasteiger partial charge in [-0.15, -0.1) is 0 Å². The number of nitrogens with one attached hydrogen (secondary N) is 1. The predicted molar refractivity (Wildman–Crippen MR) is 74.1 cm³/mol. The summed E-state index contributed by atoms with van der Waals surface area (Å²) in [4.78, 5) is 10.7. The Morgan fingerprint density at radius 1 is 1.21 bits per heavy atom. The first kappa shape index (κ1) is 13.0. The minimum atomic E-state index is -0.838. The van der Waals surface area contributed by atoms with Gasteiger partial charge in [0.2, 0.25) is 0 Å². The molecule has 2 aromatic carbocycles. The minimum absolute atomic E-state index is 0.0153. The van der Waals surface area contributed by atoms with Gasteiger partial charge in [0.25, 0.3) is 0 Å². The SMILES string of the molecule is COc1ccccc1Nc1cccc(CC(=O)O)c1. The number of hydrogen-bond acceptors (Lipinski definition) is 3. The second-order valence-electron chi connectivity index (χ2n) is 4.10. The largest absolute Gasteiger partial charge is 0.495 e. The third kappa shape index (κ3) is 3.48. The maximum atomic E-state index is 10.7. The normalized spacial score (nSPS) is 9.95. The molecule has 0 fully saturated rings. The topological polar surface area (TPSA) is 58.6 Å². The molecule has 0 aliphatic rings. The van der Waals surface area contributed by atoms with Crippen LogP contribution in [0.4, 0.5) is 11.4 Å². The first-order chi connectivity index (χ1) is 9.19. The highest BCUT2D eigenvalue weighted by molar-refractivity contribution is 5.72. The van der Waals surface area contributed by atoms with Crippen LogP contribution in [0.5, 0.6) is 5.75 Å². The van der Waals surface area contributed by atoms with E-state index in [1.807, 2.05) is 42.5 Å². The van der Waals surface area contributed by atoms with E-state index < -0.39 is 5.97 Å². The molecule has 0 aliphatic heterocycles. The molecule has 0 unspecified atom stereocenters. The molecule has 0 saturated heterocycles. The zero-order chi connectivity index (χ0) is 13.7. The van der Waals surface area contributed by atoms with Crippen molar-refractivity contribution >= 4 is 17.3 Å². The van der Waals surface area contributed by atoms with E-state index in [1.165, 1.54) is 0 Å². The van der Waals surface area contributed by atoms with Gasteiger partial charge in [-0.1, -0.05) is 24.3 Å². The van der Waals surface area contributed by atoms with Gasteiger partial charge in [0.15, 0.2) is 0 Å². The predicted octanol–water partition coefficient (Wildman–Crippen LogP) is 3.07. The van der Waals surface area contributed by atoms with E-state index >= 15 is 0 Å². The first-order valence-corrected chi connectivity index (χ1v) is 5.90.